The second-order valence-electron chi connectivity index (χ2n) is 6.01. The molecule has 2 aromatic carbocycles. The van der Waals surface area contributed by atoms with Crippen LogP contribution >= 0.6 is 12.2 Å². The molecule has 2 aromatic rings. The van der Waals surface area contributed by atoms with Gasteiger partial charge in [-0.25, -0.2) is 0 Å². The highest BCUT2D eigenvalue weighted by Crippen LogP contribution is 2.39. The normalized spacial score (nSPS) is 22.2. The van der Waals surface area contributed by atoms with Crippen LogP contribution in [0.1, 0.15) is 30.1 Å². The van der Waals surface area contributed by atoms with E-state index in [1.165, 1.54) is 12.1 Å². The van der Waals surface area contributed by atoms with Crippen LogP contribution in [-0.4, -0.2) is 27.9 Å². The van der Waals surface area contributed by atoms with Gasteiger partial charge in [0.1, 0.15) is 5.92 Å². The van der Waals surface area contributed by atoms with Crippen LogP contribution in [0, 0.1) is 5.92 Å². The van der Waals surface area contributed by atoms with Crippen molar-refractivity contribution in [1.29, 1.82) is 0 Å². The van der Waals surface area contributed by atoms with Crippen molar-refractivity contribution in [1.82, 2.24) is 10.6 Å². The molecule has 0 radical (unpaired) electrons. The van der Waals surface area contributed by atoms with Crippen LogP contribution in [0.2, 0.25) is 0 Å². The molecular weight excluding hydrogens is 352 g/mol. The van der Waals surface area contributed by atoms with Crippen molar-refractivity contribution >= 4 is 23.3 Å². The minimum atomic E-state index is -0.618. The van der Waals surface area contributed by atoms with Gasteiger partial charge in [0.15, 0.2) is 16.6 Å². The van der Waals surface area contributed by atoms with Crippen molar-refractivity contribution in [2.75, 3.05) is 6.61 Å². The Labute approximate surface area is 156 Å². The van der Waals surface area contributed by atoms with Gasteiger partial charge in [-0.3, -0.25) is 4.79 Å². The summed E-state index contributed by atoms with van der Waals surface area (Å²) in [5, 5.41) is 26.1. The lowest BCUT2D eigenvalue weighted by atomic mass is 9.82. The van der Waals surface area contributed by atoms with Gasteiger partial charge in [-0.1, -0.05) is 36.4 Å². The van der Waals surface area contributed by atoms with Crippen LogP contribution < -0.4 is 10.6 Å². The van der Waals surface area contributed by atoms with Crippen LogP contribution in [0.4, 0.5) is 0 Å². The first-order chi connectivity index (χ1) is 12.5. The molecule has 6 nitrogen and oxygen atoms in total. The van der Waals surface area contributed by atoms with Crippen LogP contribution in [0.3, 0.4) is 0 Å². The van der Waals surface area contributed by atoms with Crippen molar-refractivity contribution in [3.8, 4) is 11.5 Å². The van der Waals surface area contributed by atoms with Crippen LogP contribution in [0.15, 0.2) is 48.5 Å². The Balaban J connectivity index is 2.06. The van der Waals surface area contributed by atoms with E-state index in [0.29, 0.717) is 10.7 Å². The molecule has 0 bridgehead atoms. The van der Waals surface area contributed by atoms with Gasteiger partial charge in [0.25, 0.3) is 0 Å². The quantitative estimate of drug-likeness (QED) is 0.372. The third kappa shape index (κ3) is 3.57. The average molecular weight is 372 g/mol. The number of carbonyl (C=O) groups excluding carboxylic acids is 1. The van der Waals surface area contributed by atoms with Crippen molar-refractivity contribution in [3.63, 3.8) is 0 Å². The summed E-state index contributed by atoms with van der Waals surface area (Å²) in [6.07, 6.45) is 0. The predicted octanol–water partition coefficient (Wildman–Crippen LogP) is 2.54. The molecule has 0 saturated carbocycles. The van der Waals surface area contributed by atoms with Gasteiger partial charge >= 0.3 is 5.97 Å². The molecule has 136 valence electrons. The average Bonchev–Trinajstić information content (AvgIpc) is 2.64. The fourth-order valence-electron chi connectivity index (χ4n) is 3.18. The molecule has 1 fully saturated rings. The van der Waals surface area contributed by atoms with Crippen molar-refractivity contribution in [2.45, 2.75) is 19.0 Å². The first-order valence-corrected chi connectivity index (χ1v) is 8.72. The molecule has 1 heterocycles. The molecule has 0 aromatic heterocycles. The summed E-state index contributed by atoms with van der Waals surface area (Å²) in [5.41, 5.74) is 1.53. The summed E-state index contributed by atoms with van der Waals surface area (Å²) >= 11 is 5.34. The van der Waals surface area contributed by atoms with E-state index in [0.717, 1.165) is 5.56 Å². The van der Waals surface area contributed by atoms with Crippen molar-refractivity contribution in [2.24, 2.45) is 5.92 Å². The summed E-state index contributed by atoms with van der Waals surface area (Å²) in [7, 11) is 0. The topological polar surface area (TPSA) is 90.8 Å². The summed E-state index contributed by atoms with van der Waals surface area (Å²) in [6.45, 7) is 2.01. The molecule has 0 aliphatic carbocycles. The number of benzene rings is 2. The number of esters is 1. The van der Waals surface area contributed by atoms with E-state index in [-0.39, 0.29) is 30.1 Å². The molecular formula is C19H20N2O4S. The van der Waals surface area contributed by atoms with E-state index in [9.17, 15) is 15.0 Å². The van der Waals surface area contributed by atoms with E-state index in [4.69, 9.17) is 17.0 Å². The maximum Gasteiger partial charge on any atom is 0.313 e. The molecule has 4 N–H and O–H groups in total. The first kappa shape index (κ1) is 18.0. The van der Waals surface area contributed by atoms with Crippen molar-refractivity contribution in [3.05, 3.63) is 59.7 Å². The highest BCUT2D eigenvalue weighted by atomic mass is 32.1. The highest BCUT2D eigenvalue weighted by molar-refractivity contribution is 7.80. The molecule has 0 amide bonds. The van der Waals surface area contributed by atoms with Crippen LogP contribution in [0.5, 0.6) is 11.5 Å². The molecule has 3 rings (SSSR count). The van der Waals surface area contributed by atoms with Gasteiger partial charge in [-0.2, -0.15) is 0 Å². The maximum absolute atomic E-state index is 12.8. The number of aromatic hydroxyl groups is 2. The smallest absolute Gasteiger partial charge is 0.313 e. The zero-order valence-corrected chi connectivity index (χ0v) is 15.0. The Morgan fingerprint density at radius 2 is 1.69 bits per heavy atom. The van der Waals surface area contributed by atoms with Gasteiger partial charge in [-0.15, -0.1) is 0 Å². The van der Waals surface area contributed by atoms with Gasteiger partial charge in [0, 0.05) is 0 Å². The van der Waals surface area contributed by atoms with E-state index in [2.05, 4.69) is 10.6 Å². The maximum atomic E-state index is 12.8. The zero-order valence-electron chi connectivity index (χ0n) is 14.2. The lowest BCUT2D eigenvalue weighted by Crippen LogP contribution is -2.54. The third-order valence-electron chi connectivity index (χ3n) is 4.37. The largest absolute Gasteiger partial charge is 0.504 e. The number of thiocarbonyl (C=S) groups is 1. The monoisotopic (exact) mass is 372 g/mol. The summed E-state index contributed by atoms with van der Waals surface area (Å²) in [5.74, 6) is -1.47. The Morgan fingerprint density at radius 3 is 2.31 bits per heavy atom. The Kier molecular flexibility index (Phi) is 5.27. The SMILES string of the molecule is CCOC(=O)C1C(c2ccccc2)NC(=S)NC1c1ccc(O)c(O)c1. The fraction of sp³-hybridized carbons (Fsp3) is 0.263. The van der Waals surface area contributed by atoms with Crippen molar-refractivity contribution < 1.29 is 19.7 Å². The van der Waals surface area contributed by atoms with Gasteiger partial charge in [-0.05, 0) is 42.4 Å². The molecule has 3 atom stereocenters. The molecule has 26 heavy (non-hydrogen) atoms. The second kappa shape index (κ2) is 7.61. The Morgan fingerprint density at radius 1 is 1.04 bits per heavy atom. The standard InChI is InChI=1S/C19H20N2O4S/c1-2-25-18(24)15-16(11-6-4-3-5-7-11)20-19(26)21-17(15)12-8-9-13(22)14(23)10-12/h3-10,15-17,22-23H,2H2,1H3,(H2,20,21,26). The van der Waals surface area contributed by atoms with Gasteiger partial charge in [0.05, 0.1) is 18.7 Å². The van der Waals surface area contributed by atoms with Gasteiger partial charge in [0.2, 0.25) is 0 Å². The number of phenolic OH excluding ortho intramolecular Hbond substituents is 2. The Hall–Kier alpha value is -2.80. The lowest BCUT2D eigenvalue weighted by Gasteiger charge is -2.39. The van der Waals surface area contributed by atoms with E-state index < -0.39 is 12.0 Å². The third-order valence-corrected chi connectivity index (χ3v) is 4.60. The van der Waals surface area contributed by atoms with Crippen LogP contribution in [0.25, 0.3) is 0 Å². The molecule has 1 aliphatic heterocycles. The number of carbonyl (C=O) groups is 1. The number of ether oxygens (including phenoxy) is 1. The number of phenols is 2. The predicted molar refractivity (Wildman–Crippen MR) is 101 cm³/mol. The van der Waals surface area contributed by atoms with E-state index in [1.54, 1.807) is 13.0 Å². The zero-order chi connectivity index (χ0) is 18.7. The minimum absolute atomic E-state index is 0.224. The second-order valence-corrected chi connectivity index (χ2v) is 6.42. The van der Waals surface area contributed by atoms with Gasteiger partial charge < -0.3 is 25.6 Å². The molecule has 7 heteroatoms. The number of hydrogen-bond donors (Lipinski definition) is 4. The molecule has 0 spiro atoms. The van der Waals surface area contributed by atoms with Crippen LogP contribution in [-0.2, 0) is 9.53 Å². The summed E-state index contributed by atoms with van der Waals surface area (Å²) < 4.78 is 5.30. The highest BCUT2D eigenvalue weighted by Gasteiger charge is 2.42. The molecule has 1 saturated heterocycles. The lowest BCUT2D eigenvalue weighted by molar-refractivity contribution is -0.150. The van der Waals surface area contributed by atoms with E-state index >= 15 is 0 Å². The number of rotatable bonds is 4. The molecule has 3 unspecified atom stereocenters. The molecule has 1 aliphatic rings. The first-order valence-electron chi connectivity index (χ1n) is 8.31. The summed E-state index contributed by atoms with van der Waals surface area (Å²) in [6, 6.07) is 13.1. The minimum Gasteiger partial charge on any atom is -0.504 e. The fourth-order valence-corrected chi connectivity index (χ4v) is 3.44. The Bertz CT molecular complexity index is 812. The number of nitrogens with one attached hydrogen (secondary N) is 2. The van der Waals surface area contributed by atoms with E-state index in [1.807, 2.05) is 30.3 Å². The summed E-state index contributed by atoms with van der Waals surface area (Å²) in [4.78, 5) is 12.8. The number of hydrogen-bond acceptors (Lipinski definition) is 5.